The number of amides is 1. The van der Waals surface area contributed by atoms with Crippen molar-refractivity contribution in [1.29, 1.82) is 0 Å². The van der Waals surface area contributed by atoms with Crippen molar-refractivity contribution in [2.24, 2.45) is 5.92 Å². The van der Waals surface area contributed by atoms with Gasteiger partial charge in [0, 0.05) is 31.4 Å². The summed E-state index contributed by atoms with van der Waals surface area (Å²) < 4.78 is 15.5. The quantitative estimate of drug-likeness (QED) is 0.432. The summed E-state index contributed by atoms with van der Waals surface area (Å²) in [5.74, 6) is -0.0964. The molecule has 1 amide bonds. The fraction of sp³-hybridized carbons (Fsp3) is 0.174. The molecule has 0 aliphatic carbocycles. The molecular weight excluding hydrogens is 431 g/mol. The molecule has 4 aromatic rings. The number of pyridine rings is 1. The standard InChI is InChI=1S/C23H20ClFN6O/c24-19-11-26-22(30-23(32)16-9-28-29-10-16)8-18(19)15-4-5-20-21(7-15)31(13-27-20)12-14-2-1-3-17(25)6-14/h1-8,11,13,16,28-29H,9-10,12H2,(H,26,30,32). The first-order valence-electron chi connectivity index (χ1n) is 10.2. The number of carbonyl (C=O) groups excluding carboxylic acids is 1. The molecule has 9 heteroatoms. The Morgan fingerprint density at radius 1 is 1.16 bits per heavy atom. The Morgan fingerprint density at radius 3 is 2.81 bits per heavy atom. The number of hydrogen-bond donors (Lipinski definition) is 3. The molecule has 1 aliphatic heterocycles. The van der Waals surface area contributed by atoms with E-state index in [1.165, 1.54) is 18.3 Å². The first-order valence-corrected chi connectivity index (χ1v) is 10.6. The summed E-state index contributed by atoms with van der Waals surface area (Å²) in [6.45, 7) is 1.63. The van der Waals surface area contributed by atoms with Crippen molar-refractivity contribution < 1.29 is 9.18 Å². The molecule has 0 bridgehead atoms. The second kappa shape index (κ2) is 8.66. The smallest absolute Gasteiger partial charge is 0.231 e. The van der Waals surface area contributed by atoms with Gasteiger partial charge in [0.25, 0.3) is 0 Å². The Bertz CT molecular complexity index is 1300. The van der Waals surface area contributed by atoms with Crippen molar-refractivity contribution in [2.75, 3.05) is 18.4 Å². The number of hydrogen-bond acceptors (Lipinski definition) is 5. The Labute approximate surface area is 188 Å². The number of benzene rings is 2. The van der Waals surface area contributed by atoms with Gasteiger partial charge in [-0.2, -0.15) is 0 Å². The van der Waals surface area contributed by atoms with Gasteiger partial charge in [-0.3, -0.25) is 15.6 Å². The summed E-state index contributed by atoms with van der Waals surface area (Å²) in [5, 5.41) is 3.34. The third kappa shape index (κ3) is 4.20. The van der Waals surface area contributed by atoms with E-state index in [-0.39, 0.29) is 17.6 Å². The van der Waals surface area contributed by atoms with Crippen LogP contribution < -0.4 is 16.2 Å². The van der Waals surface area contributed by atoms with E-state index in [0.29, 0.717) is 30.5 Å². The largest absolute Gasteiger partial charge is 0.326 e. The van der Waals surface area contributed by atoms with E-state index in [9.17, 15) is 9.18 Å². The predicted octanol–water partition coefficient (Wildman–Crippen LogP) is 3.60. The fourth-order valence-electron chi connectivity index (χ4n) is 3.79. The average Bonchev–Trinajstić information content (AvgIpc) is 3.46. The molecule has 0 radical (unpaired) electrons. The van der Waals surface area contributed by atoms with Crippen LogP contribution in [0.4, 0.5) is 10.2 Å². The zero-order chi connectivity index (χ0) is 22.1. The molecule has 162 valence electrons. The average molecular weight is 451 g/mol. The van der Waals surface area contributed by atoms with Gasteiger partial charge < -0.3 is 9.88 Å². The van der Waals surface area contributed by atoms with Crippen molar-refractivity contribution in [2.45, 2.75) is 6.54 Å². The fourth-order valence-corrected chi connectivity index (χ4v) is 4.00. The van der Waals surface area contributed by atoms with Crippen molar-refractivity contribution in [1.82, 2.24) is 25.4 Å². The number of anilines is 1. The highest BCUT2D eigenvalue weighted by molar-refractivity contribution is 6.33. The lowest BCUT2D eigenvalue weighted by Crippen LogP contribution is -2.26. The topological polar surface area (TPSA) is 83.9 Å². The number of fused-ring (bicyclic) bond motifs is 1. The van der Waals surface area contributed by atoms with Gasteiger partial charge in [0.1, 0.15) is 11.6 Å². The number of imidazole rings is 1. The van der Waals surface area contributed by atoms with Gasteiger partial charge in [0.05, 0.1) is 28.3 Å². The molecule has 0 spiro atoms. The molecule has 1 aliphatic rings. The lowest BCUT2D eigenvalue weighted by molar-refractivity contribution is -0.119. The predicted molar refractivity (Wildman–Crippen MR) is 122 cm³/mol. The van der Waals surface area contributed by atoms with Gasteiger partial charge in [0.15, 0.2) is 0 Å². The highest BCUT2D eigenvalue weighted by atomic mass is 35.5. The van der Waals surface area contributed by atoms with Crippen molar-refractivity contribution in [3.8, 4) is 11.1 Å². The Kier molecular flexibility index (Phi) is 5.57. The maximum Gasteiger partial charge on any atom is 0.231 e. The van der Waals surface area contributed by atoms with Gasteiger partial charge in [0.2, 0.25) is 5.91 Å². The van der Waals surface area contributed by atoms with Crippen molar-refractivity contribution >= 4 is 34.4 Å². The molecule has 2 aromatic carbocycles. The number of halogens is 2. The summed E-state index contributed by atoms with van der Waals surface area (Å²) in [4.78, 5) is 21.1. The lowest BCUT2D eigenvalue weighted by Gasteiger charge is -2.12. The summed E-state index contributed by atoms with van der Waals surface area (Å²) in [6.07, 6.45) is 3.27. The SMILES string of the molecule is O=C(Nc1cc(-c2ccc3ncn(Cc4cccc(F)c4)c3c2)c(Cl)cn1)C1CNNC1. The zero-order valence-corrected chi connectivity index (χ0v) is 17.7. The highest BCUT2D eigenvalue weighted by Gasteiger charge is 2.23. The van der Waals surface area contributed by atoms with Crippen molar-refractivity contribution in [3.63, 3.8) is 0 Å². The Morgan fingerprint density at radius 2 is 2.00 bits per heavy atom. The van der Waals surface area contributed by atoms with E-state index in [4.69, 9.17) is 11.6 Å². The number of hydrazine groups is 1. The number of aromatic nitrogens is 3. The van der Waals surface area contributed by atoms with Crippen LogP contribution in [-0.2, 0) is 11.3 Å². The molecule has 3 N–H and O–H groups in total. The third-order valence-corrected chi connectivity index (χ3v) is 5.77. The summed E-state index contributed by atoms with van der Waals surface area (Å²) in [5.41, 5.74) is 10.1. The monoisotopic (exact) mass is 450 g/mol. The van der Waals surface area contributed by atoms with E-state index >= 15 is 0 Å². The van der Waals surface area contributed by atoms with E-state index in [2.05, 4.69) is 26.1 Å². The second-order valence-corrected chi connectivity index (χ2v) is 8.11. The maximum atomic E-state index is 13.6. The summed E-state index contributed by atoms with van der Waals surface area (Å²) >= 11 is 6.45. The van der Waals surface area contributed by atoms with Crippen LogP contribution in [0, 0.1) is 11.7 Å². The Balaban J connectivity index is 1.45. The minimum Gasteiger partial charge on any atom is -0.326 e. The van der Waals surface area contributed by atoms with Crippen LogP contribution in [-0.4, -0.2) is 33.5 Å². The molecule has 2 aromatic heterocycles. The molecule has 32 heavy (non-hydrogen) atoms. The summed E-state index contributed by atoms with van der Waals surface area (Å²) in [7, 11) is 0. The number of nitrogens with one attached hydrogen (secondary N) is 3. The molecule has 3 heterocycles. The maximum absolute atomic E-state index is 13.6. The molecule has 0 atom stereocenters. The highest BCUT2D eigenvalue weighted by Crippen LogP contribution is 2.31. The second-order valence-electron chi connectivity index (χ2n) is 7.70. The third-order valence-electron chi connectivity index (χ3n) is 5.47. The number of carbonyl (C=O) groups is 1. The molecule has 1 fully saturated rings. The molecular formula is C23H20ClFN6O. The van der Waals surface area contributed by atoms with Crippen LogP contribution in [0.25, 0.3) is 22.2 Å². The van der Waals surface area contributed by atoms with E-state index in [1.54, 1.807) is 18.5 Å². The normalized spacial score (nSPS) is 14.2. The van der Waals surface area contributed by atoms with Crippen LogP contribution in [0.1, 0.15) is 5.56 Å². The van der Waals surface area contributed by atoms with Crippen LogP contribution >= 0.6 is 11.6 Å². The molecule has 0 unspecified atom stereocenters. The van der Waals surface area contributed by atoms with Crippen LogP contribution in [0.15, 0.2) is 61.1 Å². The lowest BCUT2D eigenvalue weighted by atomic mass is 10.1. The molecule has 1 saturated heterocycles. The first kappa shape index (κ1) is 20.6. The van der Waals surface area contributed by atoms with E-state index in [0.717, 1.165) is 27.7 Å². The van der Waals surface area contributed by atoms with Gasteiger partial charge in [-0.05, 0) is 41.5 Å². The minimum atomic E-state index is -0.269. The van der Waals surface area contributed by atoms with E-state index in [1.807, 2.05) is 28.8 Å². The zero-order valence-electron chi connectivity index (χ0n) is 17.0. The molecule has 5 rings (SSSR count). The Hall–Kier alpha value is -3.33. The number of nitrogens with zero attached hydrogens (tertiary/aromatic N) is 3. The molecule has 7 nitrogen and oxygen atoms in total. The van der Waals surface area contributed by atoms with Gasteiger partial charge >= 0.3 is 0 Å². The van der Waals surface area contributed by atoms with Crippen LogP contribution in [0.5, 0.6) is 0 Å². The number of rotatable bonds is 5. The minimum absolute atomic E-state index is 0.105. The van der Waals surface area contributed by atoms with Gasteiger partial charge in [-0.1, -0.05) is 29.8 Å². The van der Waals surface area contributed by atoms with Crippen LogP contribution in [0.3, 0.4) is 0 Å². The summed E-state index contributed by atoms with van der Waals surface area (Å²) in [6, 6.07) is 14.1. The van der Waals surface area contributed by atoms with Gasteiger partial charge in [-0.25, -0.2) is 14.4 Å². The first-order chi connectivity index (χ1) is 15.6. The molecule has 0 saturated carbocycles. The van der Waals surface area contributed by atoms with Crippen molar-refractivity contribution in [3.05, 3.63) is 77.5 Å². The van der Waals surface area contributed by atoms with Gasteiger partial charge in [-0.15, -0.1) is 0 Å². The van der Waals surface area contributed by atoms with Crippen LogP contribution in [0.2, 0.25) is 5.02 Å². The van der Waals surface area contributed by atoms with E-state index < -0.39 is 0 Å².